The highest BCUT2D eigenvalue weighted by Crippen LogP contribution is 2.30. The van der Waals surface area contributed by atoms with Crippen molar-refractivity contribution in [2.45, 2.75) is 6.43 Å². The van der Waals surface area contributed by atoms with Crippen molar-refractivity contribution < 1.29 is 13.2 Å². The molecule has 66 valence electrons. The third kappa shape index (κ3) is 2.01. The van der Waals surface area contributed by atoms with E-state index in [1.165, 1.54) is 0 Å². The van der Waals surface area contributed by atoms with E-state index in [0.29, 0.717) is 8.95 Å². The number of alkyl halides is 2. The van der Waals surface area contributed by atoms with Crippen LogP contribution in [0.1, 0.15) is 12.0 Å². The maximum absolute atomic E-state index is 12.8. The van der Waals surface area contributed by atoms with Crippen molar-refractivity contribution in [1.29, 1.82) is 0 Å². The van der Waals surface area contributed by atoms with Crippen LogP contribution in [0.4, 0.5) is 13.2 Å². The molecule has 0 radical (unpaired) electrons. The average molecular weight is 304 g/mol. The first kappa shape index (κ1) is 10.1. The van der Waals surface area contributed by atoms with Crippen LogP contribution in [0.15, 0.2) is 21.1 Å². The minimum atomic E-state index is -2.78. The van der Waals surface area contributed by atoms with Crippen LogP contribution in [0.5, 0.6) is 0 Å². The van der Waals surface area contributed by atoms with Gasteiger partial charge in [-0.2, -0.15) is 0 Å². The van der Waals surface area contributed by atoms with E-state index in [-0.39, 0.29) is 0 Å². The van der Waals surface area contributed by atoms with Gasteiger partial charge in [-0.15, -0.1) is 0 Å². The lowest BCUT2D eigenvalue weighted by atomic mass is 10.2. The molecule has 0 saturated carbocycles. The molecule has 0 unspecified atom stereocenters. The van der Waals surface area contributed by atoms with E-state index >= 15 is 0 Å². The van der Waals surface area contributed by atoms with Gasteiger partial charge in [-0.3, -0.25) is 0 Å². The molecule has 1 aromatic rings. The van der Waals surface area contributed by atoms with Gasteiger partial charge in [0.2, 0.25) is 0 Å². The fraction of sp³-hybridized carbons (Fsp3) is 0.143. The molecule has 0 amide bonds. The van der Waals surface area contributed by atoms with E-state index in [0.717, 1.165) is 12.1 Å². The summed E-state index contributed by atoms with van der Waals surface area (Å²) in [6.45, 7) is 0. The Balaban J connectivity index is 3.23. The maximum atomic E-state index is 12.8. The van der Waals surface area contributed by atoms with Crippen LogP contribution >= 0.6 is 31.9 Å². The van der Waals surface area contributed by atoms with Gasteiger partial charge < -0.3 is 0 Å². The van der Waals surface area contributed by atoms with Crippen LogP contribution in [0.25, 0.3) is 0 Å². The molecule has 0 aliphatic carbocycles. The summed E-state index contributed by atoms with van der Waals surface area (Å²) in [5, 5.41) is 0. The van der Waals surface area contributed by atoms with Crippen LogP contribution in [0.3, 0.4) is 0 Å². The van der Waals surface area contributed by atoms with E-state index in [1.54, 1.807) is 0 Å². The predicted octanol–water partition coefficient (Wildman–Crippen LogP) is 4.29. The lowest BCUT2D eigenvalue weighted by molar-refractivity contribution is 0.146. The van der Waals surface area contributed by atoms with Crippen molar-refractivity contribution >= 4 is 31.9 Å². The number of hydrogen-bond acceptors (Lipinski definition) is 0. The molecule has 0 heterocycles. The first-order chi connectivity index (χ1) is 5.52. The molecule has 0 bridgehead atoms. The molecule has 0 spiro atoms. The maximum Gasteiger partial charge on any atom is 0.266 e. The van der Waals surface area contributed by atoms with E-state index in [1.807, 2.05) is 0 Å². The van der Waals surface area contributed by atoms with Gasteiger partial charge in [-0.05, 0) is 44.0 Å². The van der Waals surface area contributed by atoms with Crippen LogP contribution in [0, 0.1) is 5.82 Å². The van der Waals surface area contributed by atoms with Gasteiger partial charge in [0, 0.05) is 8.95 Å². The molecule has 0 aromatic heterocycles. The Hall–Kier alpha value is -0.0300. The molecule has 0 saturated heterocycles. The fourth-order valence-corrected chi connectivity index (χ4v) is 1.38. The second kappa shape index (κ2) is 3.79. The zero-order valence-electron chi connectivity index (χ0n) is 5.62. The quantitative estimate of drug-likeness (QED) is 0.679. The lowest BCUT2D eigenvalue weighted by Gasteiger charge is -2.03. The molecule has 1 aromatic carbocycles. The van der Waals surface area contributed by atoms with Crippen molar-refractivity contribution in [2.75, 3.05) is 0 Å². The van der Waals surface area contributed by atoms with Gasteiger partial charge in [0.25, 0.3) is 6.43 Å². The standard InChI is InChI=1S/C7H3Br2F3/c8-4-1-3(7(11)12)6(10)2-5(4)9/h1-2,7H. The second-order valence-electron chi connectivity index (χ2n) is 2.09. The Kier molecular flexibility index (Phi) is 3.17. The van der Waals surface area contributed by atoms with Gasteiger partial charge in [0.1, 0.15) is 5.82 Å². The topological polar surface area (TPSA) is 0 Å². The number of halogens is 5. The third-order valence-corrected chi connectivity index (χ3v) is 3.12. The Bertz CT molecular complexity index is 299. The van der Waals surface area contributed by atoms with Crippen molar-refractivity contribution in [3.8, 4) is 0 Å². The van der Waals surface area contributed by atoms with Crippen molar-refractivity contribution in [2.24, 2.45) is 0 Å². The smallest absolute Gasteiger partial charge is 0.206 e. The van der Waals surface area contributed by atoms with Gasteiger partial charge in [-0.25, -0.2) is 13.2 Å². The minimum Gasteiger partial charge on any atom is -0.206 e. The van der Waals surface area contributed by atoms with Crippen molar-refractivity contribution in [3.63, 3.8) is 0 Å². The van der Waals surface area contributed by atoms with Crippen LogP contribution in [-0.4, -0.2) is 0 Å². The largest absolute Gasteiger partial charge is 0.266 e. The van der Waals surface area contributed by atoms with E-state index in [2.05, 4.69) is 31.9 Å². The van der Waals surface area contributed by atoms with Crippen LogP contribution in [0.2, 0.25) is 0 Å². The van der Waals surface area contributed by atoms with Crippen molar-refractivity contribution in [3.05, 3.63) is 32.5 Å². The first-order valence-corrected chi connectivity index (χ1v) is 4.53. The van der Waals surface area contributed by atoms with E-state index in [9.17, 15) is 13.2 Å². The summed E-state index contributed by atoms with van der Waals surface area (Å²) in [5.74, 6) is -0.903. The monoisotopic (exact) mass is 302 g/mol. The Morgan fingerprint density at radius 3 is 2.08 bits per heavy atom. The molecule has 5 heteroatoms. The van der Waals surface area contributed by atoms with Gasteiger partial charge in [0.15, 0.2) is 0 Å². The fourth-order valence-electron chi connectivity index (χ4n) is 0.705. The van der Waals surface area contributed by atoms with Crippen LogP contribution in [-0.2, 0) is 0 Å². The first-order valence-electron chi connectivity index (χ1n) is 2.95. The van der Waals surface area contributed by atoms with Gasteiger partial charge in [-0.1, -0.05) is 0 Å². The third-order valence-electron chi connectivity index (χ3n) is 1.27. The molecule has 0 N–H and O–H groups in total. The summed E-state index contributed by atoms with van der Waals surface area (Å²) in [6, 6.07) is 2.07. The number of benzene rings is 1. The van der Waals surface area contributed by atoms with Gasteiger partial charge >= 0.3 is 0 Å². The average Bonchev–Trinajstić information content (AvgIpc) is 1.96. The summed E-state index contributed by atoms with van der Waals surface area (Å²) in [4.78, 5) is 0. The van der Waals surface area contributed by atoms with Gasteiger partial charge in [0.05, 0.1) is 5.56 Å². The zero-order valence-corrected chi connectivity index (χ0v) is 8.79. The van der Waals surface area contributed by atoms with Crippen LogP contribution < -0.4 is 0 Å². The molecule has 0 aliphatic rings. The SMILES string of the molecule is Fc1cc(Br)c(Br)cc1C(F)F. The summed E-state index contributed by atoms with van der Waals surface area (Å²) in [6.07, 6.45) is -2.78. The second-order valence-corrected chi connectivity index (χ2v) is 3.80. The predicted molar refractivity (Wildman–Crippen MR) is 46.8 cm³/mol. The number of hydrogen-bond donors (Lipinski definition) is 0. The highest BCUT2D eigenvalue weighted by Gasteiger charge is 2.14. The Morgan fingerprint density at radius 2 is 1.58 bits per heavy atom. The molecule has 0 aliphatic heterocycles. The molecular weight excluding hydrogens is 301 g/mol. The molecule has 12 heavy (non-hydrogen) atoms. The molecular formula is C7H3Br2F3. The Labute approximate surface area is 84.0 Å². The molecule has 1 rings (SSSR count). The number of rotatable bonds is 1. The summed E-state index contributed by atoms with van der Waals surface area (Å²) in [7, 11) is 0. The molecule has 0 atom stereocenters. The highest BCUT2D eigenvalue weighted by atomic mass is 79.9. The lowest BCUT2D eigenvalue weighted by Crippen LogP contribution is -1.90. The summed E-state index contributed by atoms with van der Waals surface area (Å²) >= 11 is 6.00. The Morgan fingerprint density at radius 1 is 1.08 bits per heavy atom. The van der Waals surface area contributed by atoms with E-state index in [4.69, 9.17) is 0 Å². The summed E-state index contributed by atoms with van der Waals surface area (Å²) in [5.41, 5.74) is -0.593. The van der Waals surface area contributed by atoms with Crippen molar-refractivity contribution in [1.82, 2.24) is 0 Å². The summed E-state index contributed by atoms with van der Waals surface area (Å²) < 4.78 is 37.7. The highest BCUT2D eigenvalue weighted by molar-refractivity contribution is 9.13. The minimum absolute atomic E-state index is 0.416. The molecule has 0 nitrogen and oxygen atoms in total. The van der Waals surface area contributed by atoms with E-state index < -0.39 is 17.8 Å². The normalized spacial score (nSPS) is 10.8. The molecule has 0 fully saturated rings. The zero-order chi connectivity index (χ0) is 9.30.